The molecule has 1 aliphatic rings. The highest BCUT2D eigenvalue weighted by molar-refractivity contribution is 5.42. The third-order valence-corrected chi connectivity index (χ3v) is 3.50. The zero-order valence-electron chi connectivity index (χ0n) is 11.7. The molecule has 0 bridgehead atoms. The van der Waals surface area contributed by atoms with Gasteiger partial charge in [0.1, 0.15) is 0 Å². The van der Waals surface area contributed by atoms with Crippen LogP contribution in [0.3, 0.4) is 0 Å². The van der Waals surface area contributed by atoms with Gasteiger partial charge in [-0.1, -0.05) is 24.3 Å². The van der Waals surface area contributed by atoms with E-state index in [1.54, 1.807) is 20.3 Å². The van der Waals surface area contributed by atoms with Crippen LogP contribution in [-0.2, 0) is 13.0 Å². The van der Waals surface area contributed by atoms with Crippen LogP contribution in [0.25, 0.3) is 0 Å². The quantitative estimate of drug-likeness (QED) is 0.855. The number of ether oxygens (including phenoxy) is 2. The molecule has 2 aromatic rings. The molecule has 2 heterocycles. The summed E-state index contributed by atoms with van der Waals surface area (Å²) in [6, 6.07) is 10.2. The summed E-state index contributed by atoms with van der Waals surface area (Å²) in [5.74, 6) is 1.69. The molecule has 3 rings (SSSR count). The van der Waals surface area contributed by atoms with E-state index in [1.165, 1.54) is 11.1 Å². The van der Waals surface area contributed by atoms with E-state index in [2.05, 4.69) is 39.1 Å². The van der Waals surface area contributed by atoms with Gasteiger partial charge >= 0.3 is 0 Å². The molecule has 0 amide bonds. The SMILES string of the molecule is COc1cc(OC)nc(N2CCc3ccccc3C2)n1. The lowest BCUT2D eigenvalue weighted by molar-refractivity contribution is 0.371. The molecule has 5 nitrogen and oxygen atoms in total. The molecule has 0 aliphatic carbocycles. The highest BCUT2D eigenvalue weighted by atomic mass is 16.5. The Labute approximate surface area is 118 Å². The molecule has 0 saturated carbocycles. The van der Waals surface area contributed by atoms with Crippen molar-refractivity contribution in [2.45, 2.75) is 13.0 Å². The second kappa shape index (κ2) is 5.36. The highest BCUT2D eigenvalue weighted by Gasteiger charge is 2.19. The summed E-state index contributed by atoms with van der Waals surface area (Å²) in [6.45, 7) is 1.71. The summed E-state index contributed by atoms with van der Waals surface area (Å²) >= 11 is 0. The average Bonchev–Trinajstić information content (AvgIpc) is 2.53. The van der Waals surface area contributed by atoms with E-state index in [0.29, 0.717) is 17.7 Å². The molecule has 0 unspecified atom stereocenters. The first-order chi connectivity index (χ1) is 9.80. The van der Waals surface area contributed by atoms with Crippen molar-refractivity contribution >= 4 is 5.95 Å². The van der Waals surface area contributed by atoms with Gasteiger partial charge in [-0.2, -0.15) is 9.97 Å². The molecule has 0 N–H and O–H groups in total. The van der Waals surface area contributed by atoms with Crippen molar-refractivity contribution in [1.82, 2.24) is 9.97 Å². The minimum atomic E-state index is 0.519. The summed E-state index contributed by atoms with van der Waals surface area (Å²) in [5.41, 5.74) is 2.72. The van der Waals surface area contributed by atoms with Gasteiger partial charge < -0.3 is 14.4 Å². The number of hydrogen-bond donors (Lipinski definition) is 0. The smallest absolute Gasteiger partial charge is 0.232 e. The van der Waals surface area contributed by atoms with Crippen molar-refractivity contribution in [2.75, 3.05) is 25.7 Å². The lowest BCUT2D eigenvalue weighted by Crippen LogP contribution is -2.31. The predicted molar refractivity (Wildman–Crippen MR) is 76.3 cm³/mol. The largest absolute Gasteiger partial charge is 0.481 e. The lowest BCUT2D eigenvalue weighted by Gasteiger charge is -2.29. The summed E-state index contributed by atoms with van der Waals surface area (Å²) < 4.78 is 10.4. The Morgan fingerprint density at radius 1 is 1.00 bits per heavy atom. The van der Waals surface area contributed by atoms with Crippen LogP contribution in [0.5, 0.6) is 11.8 Å². The molecule has 0 radical (unpaired) electrons. The maximum absolute atomic E-state index is 5.20. The molecule has 20 heavy (non-hydrogen) atoms. The van der Waals surface area contributed by atoms with Gasteiger partial charge in [-0.3, -0.25) is 0 Å². The Morgan fingerprint density at radius 3 is 2.30 bits per heavy atom. The van der Waals surface area contributed by atoms with Gasteiger partial charge in [-0.25, -0.2) is 0 Å². The second-order valence-corrected chi connectivity index (χ2v) is 4.69. The van der Waals surface area contributed by atoms with Crippen molar-refractivity contribution in [3.63, 3.8) is 0 Å². The zero-order valence-corrected chi connectivity index (χ0v) is 11.7. The Morgan fingerprint density at radius 2 is 1.65 bits per heavy atom. The van der Waals surface area contributed by atoms with Gasteiger partial charge in [0, 0.05) is 13.1 Å². The lowest BCUT2D eigenvalue weighted by atomic mass is 10.0. The Kier molecular flexibility index (Phi) is 3.41. The Balaban J connectivity index is 1.91. The normalized spacial score (nSPS) is 13.8. The van der Waals surface area contributed by atoms with Gasteiger partial charge in [0.25, 0.3) is 0 Å². The van der Waals surface area contributed by atoms with Crippen LogP contribution in [0.4, 0.5) is 5.95 Å². The van der Waals surface area contributed by atoms with E-state index in [1.807, 2.05) is 0 Å². The van der Waals surface area contributed by atoms with Crippen molar-refractivity contribution < 1.29 is 9.47 Å². The van der Waals surface area contributed by atoms with Crippen LogP contribution in [0.1, 0.15) is 11.1 Å². The third-order valence-electron chi connectivity index (χ3n) is 3.50. The number of aromatic nitrogens is 2. The standard InChI is InChI=1S/C15H17N3O2/c1-19-13-9-14(20-2)17-15(16-13)18-8-7-11-5-3-4-6-12(11)10-18/h3-6,9H,7-8,10H2,1-2H3. The van der Waals surface area contributed by atoms with Crippen LogP contribution in [-0.4, -0.2) is 30.7 Å². The van der Waals surface area contributed by atoms with Gasteiger partial charge in [0.05, 0.1) is 20.3 Å². The van der Waals surface area contributed by atoms with E-state index in [9.17, 15) is 0 Å². The summed E-state index contributed by atoms with van der Waals surface area (Å²) in [7, 11) is 3.19. The number of methoxy groups -OCH3 is 2. The molecule has 1 aliphatic heterocycles. The maximum atomic E-state index is 5.20. The molecule has 104 valence electrons. The third kappa shape index (κ3) is 2.39. The van der Waals surface area contributed by atoms with Crippen LogP contribution < -0.4 is 14.4 Å². The van der Waals surface area contributed by atoms with Gasteiger partial charge in [-0.15, -0.1) is 0 Å². The van der Waals surface area contributed by atoms with Crippen LogP contribution in [0.2, 0.25) is 0 Å². The minimum absolute atomic E-state index is 0.519. The van der Waals surface area contributed by atoms with Crippen LogP contribution in [0, 0.1) is 0 Å². The molecule has 1 aromatic heterocycles. The van der Waals surface area contributed by atoms with Crippen molar-refractivity contribution in [3.05, 3.63) is 41.5 Å². The molecule has 5 heteroatoms. The van der Waals surface area contributed by atoms with Crippen LogP contribution >= 0.6 is 0 Å². The number of fused-ring (bicyclic) bond motifs is 1. The first-order valence-corrected chi connectivity index (χ1v) is 6.59. The number of benzene rings is 1. The molecule has 1 aromatic carbocycles. The van der Waals surface area contributed by atoms with Gasteiger partial charge in [-0.05, 0) is 17.5 Å². The van der Waals surface area contributed by atoms with Gasteiger partial charge in [0.15, 0.2) is 0 Å². The summed E-state index contributed by atoms with van der Waals surface area (Å²) in [5, 5.41) is 0. The first kappa shape index (κ1) is 12.7. The Hall–Kier alpha value is -2.30. The van der Waals surface area contributed by atoms with Crippen molar-refractivity contribution in [3.8, 4) is 11.8 Å². The molecule has 0 fully saturated rings. The van der Waals surface area contributed by atoms with Gasteiger partial charge in [0.2, 0.25) is 17.7 Å². The topological polar surface area (TPSA) is 47.5 Å². The van der Waals surface area contributed by atoms with E-state index >= 15 is 0 Å². The van der Waals surface area contributed by atoms with Crippen LogP contribution in [0.15, 0.2) is 30.3 Å². The minimum Gasteiger partial charge on any atom is -0.481 e. The number of nitrogens with zero attached hydrogens (tertiary/aromatic N) is 3. The van der Waals surface area contributed by atoms with E-state index in [4.69, 9.17) is 9.47 Å². The molecular formula is C15H17N3O2. The number of hydrogen-bond acceptors (Lipinski definition) is 5. The predicted octanol–water partition coefficient (Wildman–Crippen LogP) is 2.06. The molecular weight excluding hydrogens is 254 g/mol. The fourth-order valence-electron chi connectivity index (χ4n) is 2.41. The summed E-state index contributed by atoms with van der Waals surface area (Å²) in [4.78, 5) is 11.0. The first-order valence-electron chi connectivity index (χ1n) is 6.59. The fourth-order valence-corrected chi connectivity index (χ4v) is 2.41. The second-order valence-electron chi connectivity index (χ2n) is 4.69. The Bertz CT molecular complexity index is 594. The number of rotatable bonds is 3. The zero-order chi connectivity index (χ0) is 13.9. The van der Waals surface area contributed by atoms with Crippen molar-refractivity contribution in [1.29, 1.82) is 0 Å². The molecule has 0 saturated heterocycles. The van der Waals surface area contributed by atoms with E-state index in [0.717, 1.165) is 19.5 Å². The molecule has 0 spiro atoms. The van der Waals surface area contributed by atoms with E-state index < -0.39 is 0 Å². The van der Waals surface area contributed by atoms with E-state index in [-0.39, 0.29) is 0 Å². The monoisotopic (exact) mass is 271 g/mol. The molecule has 0 atom stereocenters. The fraction of sp³-hybridized carbons (Fsp3) is 0.333. The van der Waals surface area contributed by atoms with Crippen molar-refractivity contribution in [2.24, 2.45) is 0 Å². The average molecular weight is 271 g/mol. The number of anilines is 1. The highest BCUT2D eigenvalue weighted by Crippen LogP contribution is 2.25. The summed E-state index contributed by atoms with van der Waals surface area (Å²) in [6.07, 6.45) is 0.999. The maximum Gasteiger partial charge on any atom is 0.232 e.